The Labute approximate surface area is 188 Å². The first-order valence-corrected chi connectivity index (χ1v) is 10.3. The average molecular weight is 452 g/mol. The third-order valence-electron chi connectivity index (χ3n) is 4.83. The average Bonchev–Trinajstić information content (AvgIpc) is 2.81. The molecule has 4 aromatic rings. The number of ether oxygens (including phenoxy) is 1. The molecule has 1 aromatic heterocycles. The van der Waals surface area contributed by atoms with E-state index in [-0.39, 0.29) is 36.8 Å². The summed E-state index contributed by atoms with van der Waals surface area (Å²) in [5, 5.41) is 8.45. The third kappa shape index (κ3) is 4.78. The van der Waals surface area contributed by atoms with E-state index < -0.39 is 5.91 Å². The van der Waals surface area contributed by atoms with E-state index in [0.717, 1.165) is 5.56 Å². The highest BCUT2D eigenvalue weighted by Gasteiger charge is 2.17. The maximum atomic E-state index is 13.0. The van der Waals surface area contributed by atoms with E-state index in [9.17, 15) is 14.0 Å². The molecular weight excluding hydrogens is 433 g/mol. The van der Waals surface area contributed by atoms with Gasteiger partial charge in [-0.15, -0.1) is 0 Å². The van der Waals surface area contributed by atoms with Crippen LogP contribution < -0.4 is 15.6 Å². The fraction of sp³-hybridized carbons (Fsp3) is 0.125. The summed E-state index contributed by atoms with van der Waals surface area (Å²) < 4.78 is 19.7. The molecule has 6 nitrogen and oxygen atoms in total. The Morgan fingerprint density at radius 1 is 1.00 bits per heavy atom. The molecule has 0 atom stereocenters. The third-order valence-corrected chi connectivity index (χ3v) is 5.20. The van der Waals surface area contributed by atoms with Crippen LogP contribution >= 0.6 is 11.6 Å². The molecule has 3 aromatic carbocycles. The first-order valence-electron chi connectivity index (χ1n) is 9.93. The van der Waals surface area contributed by atoms with Crippen molar-refractivity contribution in [1.82, 2.24) is 15.1 Å². The second-order valence-corrected chi connectivity index (χ2v) is 7.41. The number of rotatable bonds is 7. The molecule has 8 heteroatoms. The van der Waals surface area contributed by atoms with Gasteiger partial charge in [-0.3, -0.25) is 9.59 Å². The molecule has 0 saturated heterocycles. The van der Waals surface area contributed by atoms with E-state index in [2.05, 4.69) is 10.4 Å². The number of aromatic nitrogens is 2. The Morgan fingerprint density at radius 2 is 1.69 bits per heavy atom. The fourth-order valence-corrected chi connectivity index (χ4v) is 3.44. The molecule has 0 unspecified atom stereocenters. The summed E-state index contributed by atoms with van der Waals surface area (Å²) in [7, 11) is 0. The van der Waals surface area contributed by atoms with Gasteiger partial charge in [0.05, 0.1) is 18.5 Å². The Hall–Kier alpha value is -3.71. The van der Waals surface area contributed by atoms with Crippen molar-refractivity contribution in [3.05, 3.63) is 105 Å². The van der Waals surface area contributed by atoms with E-state index >= 15 is 0 Å². The molecule has 162 valence electrons. The Morgan fingerprint density at radius 3 is 2.44 bits per heavy atom. The minimum absolute atomic E-state index is 0.133. The van der Waals surface area contributed by atoms with Crippen LogP contribution in [0.15, 0.2) is 77.6 Å². The van der Waals surface area contributed by atoms with Gasteiger partial charge in [0, 0.05) is 10.4 Å². The van der Waals surface area contributed by atoms with Gasteiger partial charge in [0.1, 0.15) is 18.2 Å². The highest BCUT2D eigenvalue weighted by molar-refractivity contribution is 6.31. The standard InChI is InChI=1S/C24H19ClFN3O3/c25-21-8-4-1-5-16(21)15-29-24(31)20-7-3-2-6-19(20)22(28-29)23(30)27-13-14-32-18-11-9-17(26)10-12-18/h1-12H,13-15H2,(H,27,30). The smallest absolute Gasteiger partial charge is 0.274 e. The van der Waals surface area contributed by atoms with Gasteiger partial charge in [-0.25, -0.2) is 9.07 Å². The molecule has 0 aliphatic carbocycles. The van der Waals surface area contributed by atoms with Crippen LogP contribution in [0.3, 0.4) is 0 Å². The van der Waals surface area contributed by atoms with Gasteiger partial charge in [0.15, 0.2) is 5.69 Å². The minimum atomic E-state index is -0.434. The minimum Gasteiger partial charge on any atom is -0.492 e. The van der Waals surface area contributed by atoms with Crippen molar-refractivity contribution in [2.24, 2.45) is 0 Å². The number of carbonyl (C=O) groups is 1. The summed E-state index contributed by atoms with van der Waals surface area (Å²) in [6, 6.07) is 19.6. The Kier molecular flexibility index (Phi) is 6.47. The topological polar surface area (TPSA) is 73.2 Å². The summed E-state index contributed by atoms with van der Waals surface area (Å²) in [4.78, 5) is 25.8. The van der Waals surface area contributed by atoms with E-state index in [0.29, 0.717) is 21.5 Å². The quantitative estimate of drug-likeness (QED) is 0.430. The lowest BCUT2D eigenvalue weighted by molar-refractivity contribution is 0.0941. The normalized spacial score (nSPS) is 10.8. The molecule has 4 rings (SSSR count). The van der Waals surface area contributed by atoms with Crippen molar-refractivity contribution in [2.45, 2.75) is 6.54 Å². The van der Waals surface area contributed by atoms with Crippen LogP contribution in [0.4, 0.5) is 4.39 Å². The van der Waals surface area contributed by atoms with Crippen LogP contribution in [-0.4, -0.2) is 28.8 Å². The molecule has 0 aliphatic rings. The molecule has 0 bridgehead atoms. The number of nitrogens with zero attached hydrogens (tertiary/aromatic N) is 2. The second-order valence-electron chi connectivity index (χ2n) is 7.01. The second kappa shape index (κ2) is 9.62. The van der Waals surface area contributed by atoms with Crippen molar-refractivity contribution in [1.29, 1.82) is 0 Å². The zero-order valence-electron chi connectivity index (χ0n) is 16.9. The lowest BCUT2D eigenvalue weighted by Crippen LogP contribution is -2.33. The Balaban J connectivity index is 1.54. The van der Waals surface area contributed by atoms with Gasteiger partial charge in [-0.05, 0) is 42.0 Å². The highest BCUT2D eigenvalue weighted by Crippen LogP contribution is 2.17. The highest BCUT2D eigenvalue weighted by atomic mass is 35.5. The van der Waals surface area contributed by atoms with Crippen LogP contribution in [0.2, 0.25) is 5.02 Å². The van der Waals surface area contributed by atoms with Crippen molar-refractivity contribution < 1.29 is 13.9 Å². The first-order chi connectivity index (χ1) is 15.5. The number of benzene rings is 3. The zero-order chi connectivity index (χ0) is 22.5. The predicted molar refractivity (Wildman–Crippen MR) is 121 cm³/mol. The van der Waals surface area contributed by atoms with Crippen molar-refractivity contribution >= 4 is 28.3 Å². The number of carbonyl (C=O) groups excluding carboxylic acids is 1. The summed E-state index contributed by atoms with van der Waals surface area (Å²) >= 11 is 6.23. The van der Waals surface area contributed by atoms with E-state index in [1.54, 1.807) is 42.5 Å². The number of hydrogen-bond donors (Lipinski definition) is 1. The van der Waals surface area contributed by atoms with Gasteiger partial charge < -0.3 is 10.1 Å². The van der Waals surface area contributed by atoms with Gasteiger partial charge in [0.25, 0.3) is 11.5 Å². The summed E-state index contributed by atoms with van der Waals surface area (Å²) in [5.74, 6) is -0.287. The van der Waals surface area contributed by atoms with Gasteiger partial charge in [-0.1, -0.05) is 48.0 Å². The zero-order valence-corrected chi connectivity index (χ0v) is 17.7. The van der Waals surface area contributed by atoms with Gasteiger partial charge >= 0.3 is 0 Å². The first kappa shape index (κ1) is 21.5. The summed E-state index contributed by atoms with van der Waals surface area (Å²) in [6.45, 7) is 0.529. The van der Waals surface area contributed by atoms with Crippen LogP contribution in [-0.2, 0) is 6.54 Å². The molecule has 1 N–H and O–H groups in total. The molecule has 32 heavy (non-hydrogen) atoms. The molecule has 0 spiro atoms. The van der Waals surface area contributed by atoms with Crippen molar-refractivity contribution in [3.63, 3.8) is 0 Å². The number of halogens is 2. The molecule has 0 saturated carbocycles. The molecular formula is C24H19ClFN3O3. The molecule has 0 fully saturated rings. The lowest BCUT2D eigenvalue weighted by atomic mass is 10.1. The van der Waals surface area contributed by atoms with E-state index in [1.165, 1.54) is 28.9 Å². The van der Waals surface area contributed by atoms with Crippen LogP contribution in [0.5, 0.6) is 5.75 Å². The predicted octanol–water partition coefficient (Wildman–Crippen LogP) is 4.05. The summed E-state index contributed by atoms with van der Waals surface area (Å²) in [5.41, 5.74) is 0.545. The number of fused-ring (bicyclic) bond motifs is 1. The molecule has 0 radical (unpaired) electrons. The largest absolute Gasteiger partial charge is 0.492 e. The van der Waals surface area contributed by atoms with E-state index in [4.69, 9.17) is 16.3 Å². The van der Waals surface area contributed by atoms with Crippen LogP contribution in [0, 0.1) is 5.82 Å². The van der Waals surface area contributed by atoms with Crippen molar-refractivity contribution in [2.75, 3.05) is 13.2 Å². The van der Waals surface area contributed by atoms with Crippen LogP contribution in [0.25, 0.3) is 10.8 Å². The number of amides is 1. The SMILES string of the molecule is O=C(NCCOc1ccc(F)cc1)c1nn(Cc2ccccc2Cl)c(=O)c2ccccc12. The van der Waals surface area contributed by atoms with Gasteiger partial charge in [-0.2, -0.15) is 5.10 Å². The molecule has 0 aliphatic heterocycles. The fourth-order valence-electron chi connectivity index (χ4n) is 3.25. The van der Waals surface area contributed by atoms with Crippen molar-refractivity contribution in [3.8, 4) is 5.75 Å². The van der Waals surface area contributed by atoms with E-state index in [1.807, 2.05) is 6.07 Å². The summed E-state index contributed by atoms with van der Waals surface area (Å²) in [6.07, 6.45) is 0. The Bertz CT molecular complexity index is 1320. The monoisotopic (exact) mass is 451 g/mol. The van der Waals surface area contributed by atoms with Crippen LogP contribution in [0.1, 0.15) is 16.1 Å². The maximum Gasteiger partial charge on any atom is 0.274 e. The lowest BCUT2D eigenvalue weighted by Gasteiger charge is -2.12. The molecule has 1 amide bonds. The number of hydrogen-bond acceptors (Lipinski definition) is 4. The molecule has 1 heterocycles. The number of nitrogens with one attached hydrogen (secondary N) is 1. The van der Waals surface area contributed by atoms with Gasteiger partial charge in [0.2, 0.25) is 0 Å². The maximum absolute atomic E-state index is 13.0.